The second-order valence-electron chi connectivity index (χ2n) is 9.29. The number of carbonyl (C=O) groups excluding carboxylic acids is 5. The van der Waals surface area contributed by atoms with Crippen molar-refractivity contribution in [2.24, 2.45) is 0 Å². The van der Waals surface area contributed by atoms with E-state index in [-0.39, 0.29) is 23.9 Å². The zero-order valence-corrected chi connectivity index (χ0v) is 23.6. The maximum Gasteiger partial charge on any atom is 0.337 e. The van der Waals surface area contributed by atoms with Crippen molar-refractivity contribution in [2.75, 3.05) is 17.3 Å². The monoisotopic (exact) mass is 595 g/mol. The minimum atomic E-state index is -0.635. The predicted octanol–water partition coefficient (Wildman–Crippen LogP) is 4.90. The summed E-state index contributed by atoms with van der Waals surface area (Å²) >= 11 is 1.24. The van der Waals surface area contributed by atoms with Crippen molar-refractivity contribution in [2.45, 2.75) is 16.6 Å². The van der Waals surface area contributed by atoms with Crippen molar-refractivity contribution in [3.05, 3.63) is 120 Å². The molecule has 0 bridgehead atoms. The van der Waals surface area contributed by atoms with Crippen LogP contribution in [0.4, 0.5) is 11.4 Å². The lowest BCUT2D eigenvalue weighted by Crippen LogP contribution is -2.31. The highest BCUT2D eigenvalue weighted by Crippen LogP contribution is 2.34. The van der Waals surface area contributed by atoms with E-state index in [1.54, 1.807) is 66.7 Å². The number of hydrogen-bond acceptors (Lipinski definition) is 8. The van der Waals surface area contributed by atoms with Crippen LogP contribution in [-0.4, -0.2) is 42.0 Å². The lowest BCUT2D eigenvalue weighted by molar-refractivity contribution is -0.121. The Labute approximate surface area is 250 Å². The van der Waals surface area contributed by atoms with Crippen LogP contribution in [0.2, 0.25) is 0 Å². The Morgan fingerprint density at radius 1 is 0.907 bits per heavy atom. The van der Waals surface area contributed by atoms with Gasteiger partial charge in [-0.25, -0.2) is 9.69 Å². The summed E-state index contributed by atoms with van der Waals surface area (Å²) in [5, 5.41) is 4.76. The van der Waals surface area contributed by atoms with Gasteiger partial charge in [-0.05, 0) is 72.8 Å². The van der Waals surface area contributed by atoms with Gasteiger partial charge in [0.1, 0.15) is 11.5 Å². The molecule has 1 unspecified atom stereocenters. The summed E-state index contributed by atoms with van der Waals surface area (Å²) in [7, 11) is 1.27. The first-order valence-electron chi connectivity index (χ1n) is 13.1. The molecular formula is C32H25N3O7S. The van der Waals surface area contributed by atoms with Crippen LogP contribution in [0.25, 0.3) is 6.08 Å². The summed E-state index contributed by atoms with van der Waals surface area (Å²) in [6, 6.07) is 24.7. The molecule has 4 aromatic rings. The van der Waals surface area contributed by atoms with Crippen molar-refractivity contribution in [3.8, 4) is 0 Å². The lowest BCUT2D eigenvalue weighted by Gasteiger charge is -2.15. The van der Waals surface area contributed by atoms with Crippen LogP contribution in [0.3, 0.4) is 0 Å². The molecule has 0 aliphatic carbocycles. The number of thioether (sulfide) groups is 1. The number of furan rings is 1. The zero-order valence-electron chi connectivity index (χ0n) is 22.8. The Hall–Kier alpha value is -5.42. The standard InChI is InChI=1S/C32H25N3O7S/c1-41-32(40)21-9-13-23(14-10-21)35-28(36)19-27(31(35)39)43-25-15-11-22(12-16-25)33-30(38)26(18-24-8-5-17-42-24)34-29(37)20-6-3-2-4-7-20/h2-18,27H,19H2,1H3,(H,33,38)(H,34,37)/b26-18-. The number of methoxy groups -OCH3 is 1. The topological polar surface area (TPSA) is 135 Å². The van der Waals surface area contributed by atoms with E-state index in [0.29, 0.717) is 28.3 Å². The Morgan fingerprint density at radius 2 is 1.63 bits per heavy atom. The molecule has 1 aliphatic rings. The summed E-state index contributed by atoms with van der Waals surface area (Å²) in [5.74, 6) is -1.85. The summed E-state index contributed by atoms with van der Waals surface area (Å²) in [6.07, 6.45) is 2.90. The lowest BCUT2D eigenvalue weighted by atomic mass is 10.2. The quantitative estimate of drug-likeness (QED) is 0.159. The molecule has 0 spiro atoms. The summed E-state index contributed by atoms with van der Waals surface area (Å²) < 4.78 is 10.0. The third kappa shape index (κ3) is 6.91. The van der Waals surface area contributed by atoms with Crippen LogP contribution in [0.5, 0.6) is 0 Å². The molecule has 0 saturated carbocycles. The minimum absolute atomic E-state index is 0.0166. The SMILES string of the molecule is COC(=O)c1ccc(N2C(=O)CC(Sc3ccc(NC(=O)/C(=C/c4ccco4)NC(=O)c4ccccc4)cc3)C2=O)cc1. The fraction of sp³-hybridized carbons (Fsp3) is 0.0938. The van der Waals surface area contributed by atoms with Gasteiger partial charge in [-0.1, -0.05) is 18.2 Å². The number of hydrogen-bond donors (Lipinski definition) is 2. The maximum atomic E-state index is 13.1. The van der Waals surface area contributed by atoms with Crippen LogP contribution in [0.1, 0.15) is 32.9 Å². The highest BCUT2D eigenvalue weighted by molar-refractivity contribution is 8.00. The number of amides is 4. The molecule has 1 fully saturated rings. The van der Waals surface area contributed by atoms with E-state index in [0.717, 1.165) is 9.80 Å². The van der Waals surface area contributed by atoms with Gasteiger partial charge in [-0.2, -0.15) is 0 Å². The number of ether oxygens (including phenoxy) is 1. The number of anilines is 2. The average Bonchev–Trinajstić information content (AvgIpc) is 3.64. The fourth-order valence-electron chi connectivity index (χ4n) is 4.27. The third-order valence-corrected chi connectivity index (χ3v) is 7.60. The summed E-state index contributed by atoms with van der Waals surface area (Å²) in [5.41, 5.74) is 1.51. The third-order valence-electron chi connectivity index (χ3n) is 6.40. The number of benzene rings is 3. The van der Waals surface area contributed by atoms with E-state index in [1.807, 2.05) is 0 Å². The zero-order chi connectivity index (χ0) is 30.3. The molecule has 43 heavy (non-hydrogen) atoms. The molecule has 1 aliphatic heterocycles. The number of carbonyl (C=O) groups is 5. The molecular weight excluding hydrogens is 570 g/mol. The van der Waals surface area contributed by atoms with Crippen molar-refractivity contribution in [1.29, 1.82) is 0 Å². The first-order chi connectivity index (χ1) is 20.8. The van der Waals surface area contributed by atoms with Gasteiger partial charge in [-0.3, -0.25) is 19.2 Å². The summed E-state index contributed by atoms with van der Waals surface area (Å²) in [4.78, 5) is 65.2. The largest absolute Gasteiger partial charge is 0.465 e. The van der Waals surface area contributed by atoms with Crippen molar-refractivity contribution >= 4 is 58.8 Å². The molecule has 5 rings (SSSR count). The molecule has 216 valence electrons. The Bertz CT molecular complexity index is 1680. The van der Waals surface area contributed by atoms with Crippen molar-refractivity contribution in [3.63, 3.8) is 0 Å². The number of esters is 1. The van der Waals surface area contributed by atoms with Crippen LogP contribution in [0.15, 0.2) is 112 Å². The molecule has 1 saturated heterocycles. The second-order valence-corrected chi connectivity index (χ2v) is 10.6. The molecule has 0 radical (unpaired) electrons. The van der Waals surface area contributed by atoms with Gasteiger partial charge in [0.05, 0.1) is 29.9 Å². The molecule has 1 atom stereocenters. The number of nitrogens with zero attached hydrogens (tertiary/aromatic N) is 1. The van der Waals surface area contributed by atoms with Crippen molar-refractivity contribution in [1.82, 2.24) is 5.32 Å². The first-order valence-corrected chi connectivity index (χ1v) is 13.9. The maximum absolute atomic E-state index is 13.1. The Kier molecular flexibility index (Phi) is 8.82. The van der Waals surface area contributed by atoms with Gasteiger partial charge in [0.2, 0.25) is 11.8 Å². The van der Waals surface area contributed by atoms with Crippen LogP contribution < -0.4 is 15.5 Å². The number of rotatable bonds is 9. The van der Waals surface area contributed by atoms with E-state index >= 15 is 0 Å². The van der Waals surface area contributed by atoms with Gasteiger partial charge in [0, 0.05) is 28.6 Å². The highest BCUT2D eigenvalue weighted by atomic mass is 32.2. The average molecular weight is 596 g/mol. The molecule has 4 amide bonds. The van der Waals surface area contributed by atoms with E-state index in [1.165, 1.54) is 55.5 Å². The van der Waals surface area contributed by atoms with Gasteiger partial charge >= 0.3 is 5.97 Å². The summed E-state index contributed by atoms with van der Waals surface area (Å²) in [6.45, 7) is 0. The van der Waals surface area contributed by atoms with Crippen molar-refractivity contribution < 1.29 is 33.1 Å². The smallest absolute Gasteiger partial charge is 0.337 e. The first kappa shape index (κ1) is 29.1. The second kappa shape index (κ2) is 13.0. The van der Waals surface area contributed by atoms with Gasteiger partial charge in [0.15, 0.2) is 0 Å². The van der Waals surface area contributed by atoms with Crippen LogP contribution in [-0.2, 0) is 19.1 Å². The Morgan fingerprint density at radius 3 is 2.28 bits per heavy atom. The van der Waals surface area contributed by atoms with E-state index in [2.05, 4.69) is 15.4 Å². The van der Waals surface area contributed by atoms with Crippen LogP contribution >= 0.6 is 11.8 Å². The molecule has 3 aromatic carbocycles. The molecule has 10 nitrogen and oxygen atoms in total. The molecule has 1 aromatic heterocycles. The number of nitrogens with one attached hydrogen (secondary N) is 2. The fourth-order valence-corrected chi connectivity index (χ4v) is 5.32. The number of imide groups is 1. The molecule has 2 N–H and O–H groups in total. The van der Waals surface area contributed by atoms with E-state index < -0.39 is 23.0 Å². The normalized spacial score (nSPS) is 14.9. The predicted molar refractivity (Wildman–Crippen MR) is 160 cm³/mol. The highest BCUT2D eigenvalue weighted by Gasteiger charge is 2.40. The Balaban J connectivity index is 1.24. The minimum Gasteiger partial charge on any atom is -0.465 e. The van der Waals surface area contributed by atoms with Gasteiger partial charge in [-0.15, -0.1) is 11.8 Å². The van der Waals surface area contributed by atoms with Gasteiger partial charge < -0.3 is 19.8 Å². The van der Waals surface area contributed by atoms with E-state index in [9.17, 15) is 24.0 Å². The van der Waals surface area contributed by atoms with Crippen LogP contribution in [0, 0.1) is 0 Å². The van der Waals surface area contributed by atoms with Gasteiger partial charge in [0.25, 0.3) is 11.8 Å². The molecule has 2 heterocycles. The van der Waals surface area contributed by atoms with E-state index in [4.69, 9.17) is 4.42 Å². The molecule has 11 heteroatoms.